The standard InChI is InChI=1S/C16H14O2.C15H12O/c1-18-15-10-8-14(9-11-15)16(17)12-7-13-5-3-2-4-6-13;16-15(14-9-5-2-6-10-14)12-11-13-7-3-1-4-8-13/h2-12H,1H3;1-12H/b12-7+;12-11+. The third kappa shape index (κ3) is 7.88. The average Bonchev–Trinajstić information content (AvgIpc) is 2.92. The van der Waals surface area contributed by atoms with Crippen LogP contribution in [0.5, 0.6) is 5.75 Å². The topological polar surface area (TPSA) is 43.4 Å². The second-order valence-electron chi connectivity index (χ2n) is 7.31. The Bertz CT molecular complexity index is 1220. The van der Waals surface area contributed by atoms with E-state index in [9.17, 15) is 9.59 Å². The van der Waals surface area contributed by atoms with Crippen LogP contribution in [0.3, 0.4) is 0 Å². The molecule has 0 bridgehead atoms. The molecule has 0 heterocycles. The van der Waals surface area contributed by atoms with Crippen molar-refractivity contribution >= 4 is 23.7 Å². The lowest BCUT2D eigenvalue weighted by Crippen LogP contribution is -1.94. The summed E-state index contributed by atoms with van der Waals surface area (Å²) in [6.07, 6.45) is 6.82. The summed E-state index contributed by atoms with van der Waals surface area (Å²) in [5.41, 5.74) is 3.42. The number of carbonyl (C=O) groups excluding carboxylic acids is 2. The van der Waals surface area contributed by atoms with Gasteiger partial charge >= 0.3 is 0 Å². The Morgan fingerprint density at radius 2 is 0.912 bits per heavy atom. The Labute approximate surface area is 200 Å². The van der Waals surface area contributed by atoms with Gasteiger partial charge in [-0.3, -0.25) is 9.59 Å². The van der Waals surface area contributed by atoms with Crippen molar-refractivity contribution in [1.29, 1.82) is 0 Å². The molecule has 0 spiro atoms. The van der Waals surface area contributed by atoms with E-state index in [1.807, 2.05) is 103 Å². The molecule has 0 fully saturated rings. The van der Waals surface area contributed by atoms with Crippen LogP contribution in [0.25, 0.3) is 12.2 Å². The first-order valence-electron chi connectivity index (χ1n) is 10.9. The van der Waals surface area contributed by atoms with Crippen molar-refractivity contribution in [3.05, 3.63) is 150 Å². The van der Waals surface area contributed by atoms with Gasteiger partial charge < -0.3 is 4.74 Å². The summed E-state index contributed by atoms with van der Waals surface area (Å²) >= 11 is 0. The zero-order valence-electron chi connectivity index (χ0n) is 19.0. The van der Waals surface area contributed by atoms with Gasteiger partial charge in [-0.05, 0) is 47.5 Å². The highest BCUT2D eigenvalue weighted by atomic mass is 16.5. The van der Waals surface area contributed by atoms with Gasteiger partial charge in [0, 0.05) is 11.1 Å². The lowest BCUT2D eigenvalue weighted by molar-refractivity contribution is 0.103. The van der Waals surface area contributed by atoms with Crippen LogP contribution in [-0.4, -0.2) is 18.7 Å². The predicted molar refractivity (Wildman–Crippen MR) is 139 cm³/mol. The first kappa shape index (κ1) is 24.1. The van der Waals surface area contributed by atoms with E-state index in [4.69, 9.17) is 4.74 Å². The monoisotopic (exact) mass is 446 g/mol. The Balaban J connectivity index is 0.000000192. The van der Waals surface area contributed by atoms with Crippen LogP contribution in [0, 0.1) is 0 Å². The highest BCUT2D eigenvalue weighted by Gasteiger charge is 2.01. The second kappa shape index (κ2) is 13.1. The van der Waals surface area contributed by atoms with Crippen LogP contribution >= 0.6 is 0 Å². The molecule has 4 aromatic carbocycles. The van der Waals surface area contributed by atoms with Gasteiger partial charge in [0.25, 0.3) is 0 Å². The van der Waals surface area contributed by atoms with E-state index < -0.39 is 0 Å². The Morgan fingerprint density at radius 1 is 0.529 bits per heavy atom. The van der Waals surface area contributed by atoms with Crippen LogP contribution in [-0.2, 0) is 0 Å². The van der Waals surface area contributed by atoms with Gasteiger partial charge in [-0.15, -0.1) is 0 Å². The van der Waals surface area contributed by atoms with Crippen molar-refractivity contribution in [2.75, 3.05) is 7.11 Å². The normalized spacial score (nSPS) is 10.5. The van der Waals surface area contributed by atoms with E-state index in [2.05, 4.69) is 0 Å². The molecule has 3 heteroatoms. The maximum Gasteiger partial charge on any atom is 0.185 e. The van der Waals surface area contributed by atoms with Crippen molar-refractivity contribution in [3.8, 4) is 5.75 Å². The summed E-state index contributed by atoms with van der Waals surface area (Å²) in [6, 6.07) is 35.9. The first-order valence-corrected chi connectivity index (χ1v) is 10.9. The first-order chi connectivity index (χ1) is 16.7. The average molecular weight is 447 g/mol. The molecule has 0 aliphatic carbocycles. The molecule has 3 nitrogen and oxygen atoms in total. The van der Waals surface area contributed by atoms with E-state index >= 15 is 0 Å². The minimum atomic E-state index is -0.0125. The van der Waals surface area contributed by atoms with Gasteiger partial charge in [0.05, 0.1) is 7.11 Å². The summed E-state index contributed by atoms with van der Waals surface area (Å²) < 4.78 is 5.05. The molecule has 0 aliphatic rings. The Morgan fingerprint density at radius 3 is 1.32 bits per heavy atom. The van der Waals surface area contributed by atoms with E-state index in [-0.39, 0.29) is 11.6 Å². The maximum absolute atomic E-state index is 11.9. The smallest absolute Gasteiger partial charge is 0.185 e. The fourth-order valence-corrected chi connectivity index (χ4v) is 3.02. The summed E-state index contributed by atoms with van der Waals surface area (Å²) in [5, 5.41) is 0. The summed E-state index contributed by atoms with van der Waals surface area (Å²) in [4.78, 5) is 23.6. The molecule has 0 saturated heterocycles. The molecule has 0 aliphatic heterocycles. The molecule has 0 N–H and O–H groups in total. The van der Waals surface area contributed by atoms with E-state index in [0.29, 0.717) is 5.56 Å². The largest absolute Gasteiger partial charge is 0.497 e. The van der Waals surface area contributed by atoms with Crippen LogP contribution in [0.4, 0.5) is 0 Å². The lowest BCUT2D eigenvalue weighted by Gasteiger charge is -2.00. The van der Waals surface area contributed by atoms with Gasteiger partial charge in [0.2, 0.25) is 0 Å². The van der Waals surface area contributed by atoms with Gasteiger partial charge in [-0.25, -0.2) is 0 Å². The fraction of sp³-hybridized carbons (Fsp3) is 0.0323. The predicted octanol–water partition coefficient (Wildman–Crippen LogP) is 7.17. The Hall–Kier alpha value is -4.50. The number of hydrogen-bond donors (Lipinski definition) is 0. The number of allylic oxidation sites excluding steroid dienone is 2. The number of rotatable bonds is 7. The molecule has 0 unspecified atom stereocenters. The molecule has 0 atom stereocenters. The summed E-state index contributed by atoms with van der Waals surface area (Å²) in [5.74, 6) is 0.768. The van der Waals surface area contributed by atoms with Gasteiger partial charge in [-0.1, -0.05) is 103 Å². The third-order valence-corrected chi connectivity index (χ3v) is 4.89. The quantitative estimate of drug-likeness (QED) is 0.223. The van der Waals surface area contributed by atoms with Crippen molar-refractivity contribution < 1.29 is 14.3 Å². The molecular weight excluding hydrogens is 420 g/mol. The molecule has 0 amide bonds. The molecular formula is C31H26O3. The van der Waals surface area contributed by atoms with Crippen molar-refractivity contribution in [3.63, 3.8) is 0 Å². The minimum absolute atomic E-state index is 0.0125. The van der Waals surface area contributed by atoms with Crippen molar-refractivity contribution in [2.24, 2.45) is 0 Å². The summed E-state index contributed by atoms with van der Waals surface area (Å²) in [6.45, 7) is 0. The molecule has 0 aromatic heterocycles. The van der Waals surface area contributed by atoms with Crippen LogP contribution < -0.4 is 4.74 Å². The van der Waals surface area contributed by atoms with Crippen LogP contribution in [0.2, 0.25) is 0 Å². The Kier molecular flexibility index (Phi) is 9.33. The van der Waals surface area contributed by atoms with Crippen molar-refractivity contribution in [2.45, 2.75) is 0 Å². The van der Waals surface area contributed by atoms with Crippen LogP contribution in [0.1, 0.15) is 31.8 Å². The molecule has 4 rings (SSSR count). The van der Waals surface area contributed by atoms with E-state index in [1.165, 1.54) is 0 Å². The third-order valence-electron chi connectivity index (χ3n) is 4.89. The number of carbonyl (C=O) groups is 2. The molecule has 34 heavy (non-hydrogen) atoms. The zero-order chi connectivity index (χ0) is 24.0. The lowest BCUT2D eigenvalue weighted by atomic mass is 10.1. The SMILES string of the molecule is COc1ccc(C(=O)/C=C/c2ccccc2)cc1.O=C(/C=C/c1ccccc1)c1ccccc1. The van der Waals surface area contributed by atoms with E-state index in [0.717, 1.165) is 22.4 Å². The number of methoxy groups -OCH3 is 1. The zero-order valence-corrected chi connectivity index (χ0v) is 19.0. The highest BCUT2D eigenvalue weighted by molar-refractivity contribution is 6.07. The molecule has 0 saturated carbocycles. The van der Waals surface area contributed by atoms with Gasteiger partial charge in [0.15, 0.2) is 11.6 Å². The number of ketones is 2. The second-order valence-corrected chi connectivity index (χ2v) is 7.31. The number of benzene rings is 4. The minimum Gasteiger partial charge on any atom is -0.497 e. The van der Waals surface area contributed by atoms with Gasteiger partial charge in [-0.2, -0.15) is 0 Å². The van der Waals surface area contributed by atoms with Crippen molar-refractivity contribution in [1.82, 2.24) is 0 Å². The number of ether oxygens (including phenoxy) is 1. The maximum atomic E-state index is 11.9. The molecule has 168 valence electrons. The summed E-state index contributed by atoms with van der Waals surface area (Å²) in [7, 11) is 1.60. The van der Waals surface area contributed by atoms with Gasteiger partial charge in [0.1, 0.15) is 5.75 Å². The van der Waals surface area contributed by atoms with E-state index in [1.54, 1.807) is 43.5 Å². The number of hydrogen-bond acceptors (Lipinski definition) is 3. The van der Waals surface area contributed by atoms with Crippen LogP contribution in [0.15, 0.2) is 127 Å². The fourth-order valence-electron chi connectivity index (χ4n) is 3.02. The molecule has 4 aromatic rings. The highest BCUT2D eigenvalue weighted by Crippen LogP contribution is 2.12. The molecule has 0 radical (unpaired) electrons.